The van der Waals surface area contributed by atoms with Gasteiger partial charge in [-0.1, -0.05) is 55.7 Å². The van der Waals surface area contributed by atoms with Crippen molar-refractivity contribution in [3.05, 3.63) is 76.9 Å². The number of rotatable bonds is 4. The van der Waals surface area contributed by atoms with E-state index in [1.807, 2.05) is 23.5 Å². The van der Waals surface area contributed by atoms with Crippen molar-refractivity contribution in [3.63, 3.8) is 0 Å². The molecule has 21 heavy (non-hydrogen) atoms. The van der Waals surface area contributed by atoms with Gasteiger partial charge >= 0.3 is 18.9 Å². The summed E-state index contributed by atoms with van der Waals surface area (Å²) >= 11 is 3.81. The molecule has 1 aliphatic rings. The van der Waals surface area contributed by atoms with Crippen LogP contribution in [0.25, 0.3) is 0 Å². The molecule has 3 heteroatoms. The summed E-state index contributed by atoms with van der Waals surface area (Å²) < 4.78 is 0. The van der Waals surface area contributed by atoms with Gasteiger partial charge in [-0.15, -0.1) is 0 Å². The van der Waals surface area contributed by atoms with Gasteiger partial charge in [0.2, 0.25) is 0 Å². The normalized spacial score (nSPS) is 14.3. The Bertz CT molecular complexity index is 566. The molecule has 0 unspecified atom stereocenters. The first-order valence-corrected chi connectivity index (χ1v) is 8.56. The molecule has 0 N–H and O–H groups in total. The Balaban J connectivity index is 0.00000161. The third-order valence-electron chi connectivity index (χ3n) is 3.15. The zero-order chi connectivity index (χ0) is 13.6. The van der Waals surface area contributed by atoms with Crippen LogP contribution in [0.4, 0.5) is 0 Å². The van der Waals surface area contributed by atoms with Crippen molar-refractivity contribution in [1.29, 1.82) is 0 Å². The molecule has 1 aliphatic carbocycles. The maximum atomic E-state index is 2.39. The summed E-state index contributed by atoms with van der Waals surface area (Å²) in [5.41, 5.74) is 0. The average Bonchev–Trinajstić information content (AvgIpc) is 2.50. The van der Waals surface area contributed by atoms with Crippen LogP contribution in [-0.2, 0) is 0 Å². The van der Waals surface area contributed by atoms with Crippen molar-refractivity contribution in [2.45, 2.75) is 29.1 Å². The van der Waals surface area contributed by atoms with Crippen LogP contribution in [0.1, 0.15) is 19.3 Å². The summed E-state index contributed by atoms with van der Waals surface area (Å²) in [6, 6.07) is 21.3. The zero-order valence-electron chi connectivity index (χ0n) is 12.3. The molecule has 0 saturated carbocycles. The summed E-state index contributed by atoms with van der Waals surface area (Å²) in [5.74, 6) is 0. The molecular formula is C18H17LiS2. The molecule has 0 amide bonds. The molecule has 0 spiro atoms. The van der Waals surface area contributed by atoms with Gasteiger partial charge in [0, 0.05) is 0 Å². The zero-order valence-corrected chi connectivity index (χ0v) is 13.9. The fourth-order valence-corrected chi connectivity index (χ4v) is 4.36. The van der Waals surface area contributed by atoms with E-state index in [-0.39, 0.29) is 18.9 Å². The second-order valence-corrected chi connectivity index (χ2v) is 7.16. The third kappa shape index (κ3) is 5.24. The van der Waals surface area contributed by atoms with E-state index in [4.69, 9.17) is 0 Å². The van der Waals surface area contributed by atoms with E-state index < -0.39 is 0 Å². The van der Waals surface area contributed by atoms with Crippen LogP contribution in [0.3, 0.4) is 0 Å². The van der Waals surface area contributed by atoms with Crippen molar-refractivity contribution in [1.82, 2.24) is 0 Å². The van der Waals surface area contributed by atoms with E-state index >= 15 is 0 Å². The summed E-state index contributed by atoms with van der Waals surface area (Å²) in [4.78, 5) is 4.16. The summed E-state index contributed by atoms with van der Waals surface area (Å²) in [7, 11) is 0. The van der Waals surface area contributed by atoms with Crippen LogP contribution in [0.15, 0.2) is 81.4 Å². The Morgan fingerprint density at radius 2 is 1.43 bits per heavy atom. The van der Waals surface area contributed by atoms with Crippen LogP contribution in [0, 0.1) is 5.25 Å². The van der Waals surface area contributed by atoms with Crippen molar-refractivity contribution in [3.8, 4) is 0 Å². The van der Waals surface area contributed by atoms with E-state index in [2.05, 4.69) is 66.7 Å². The molecule has 0 fully saturated rings. The molecule has 3 rings (SSSR count). The predicted molar refractivity (Wildman–Crippen MR) is 89.8 cm³/mol. The Morgan fingerprint density at radius 3 is 2.10 bits per heavy atom. The van der Waals surface area contributed by atoms with Crippen molar-refractivity contribution >= 4 is 23.5 Å². The Kier molecular flexibility index (Phi) is 6.93. The molecule has 2 aromatic carbocycles. The van der Waals surface area contributed by atoms with Crippen LogP contribution in [-0.4, -0.2) is 0 Å². The van der Waals surface area contributed by atoms with Gasteiger partial charge in [0.1, 0.15) is 0 Å². The van der Waals surface area contributed by atoms with Crippen molar-refractivity contribution < 1.29 is 18.9 Å². The largest absolute Gasteiger partial charge is 1.00 e. The minimum atomic E-state index is 0. The number of benzene rings is 2. The number of hydrogen-bond donors (Lipinski definition) is 0. The monoisotopic (exact) mass is 304 g/mol. The van der Waals surface area contributed by atoms with Gasteiger partial charge < -0.3 is 0 Å². The van der Waals surface area contributed by atoms with Gasteiger partial charge in [0.05, 0.1) is 0 Å². The second-order valence-electron chi connectivity index (χ2n) is 4.76. The molecule has 0 aromatic heterocycles. The number of allylic oxidation sites excluding steroid dienone is 1. The molecule has 0 atom stereocenters. The predicted octanol–water partition coefficient (Wildman–Crippen LogP) is 3.17. The maximum absolute atomic E-state index is 2.39. The quantitative estimate of drug-likeness (QED) is 0.628. The fraction of sp³-hybridized carbons (Fsp3) is 0.167. The number of thioether (sulfide) groups is 2. The van der Waals surface area contributed by atoms with E-state index in [1.165, 1.54) is 39.2 Å². The Hall–Kier alpha value is -0.653. The molecule has 0 radical (unpaired) electrons. The molecule has 0 heterocycles. The van der Waals surface area contributed by atoms with Gasteiger partial charge in [-0.25, -0.2) is 6.08 Å². The molecular weight excluding hydrogens is 287 g/mol. The minimum Gasteiger partial charge on any atom is -0.205 e. The van der Waals surface area contributed by atoms with E-state index in [0.29, 0.717) is 0 Å². The van der Waals surface area contributed by atoms with Gasteiger partial charge in [-0.3, -0.25) is 0 Å². The first kappa shape index (κ1) is 16.7. The summed E-state index contributed by atoms with van der Waals surface area (Å²) in [5, 5.41) is 1.49. The average molecular weight is 304 g/mol. The smallest absolute Gasteiger partial charge is 0.205 e. The van der Waals surface area contributed by atoms with E-state index in [0.717, 1.165) is 0 Å². The van der Waals surface area contributed by atoms with Crippen LogP contribution in [0.5, 0.6) is 0 Å². The van der Waals surface area contributed by atoms with Gasteiger partial charge in [0.25, 0.3) is 0 Å². The van der Waals surface area contributed by atoms with E-state index in [9.17, 15) is 0 Å². The Morgan fingerprint density at radius 1 is 0.810 bits per heavy atom. The second kappa shape index (κ2) is 8.71. The standard InChI is InChI=1S/C18H17S2.Li/c1-3-8-15(9-4-1)19-17-12-7-13-18(14-17)20-16-10-5-2-6-11-16;/h1-6,8-11,14H,7,12-13H2;/q-1;+1. The molecule has 2 aromatic rings. The molecule has 0 bridgehead atoms. The first-order valence-electron chi connectivity index (χ1n) is 6.92. The Labute approximate surface area is 148 Å². The topological polar surface area (TPSA) is 0 Å². The van der Waals surface area contributed by atoms with Gasteiger partial charge in [0.15, 0.2) is 0 Å². The molecule has 102 valence electrons. The molecule has 0 nitrogen and oxygen atoms in total. The minimum absolute atomic E-state index is 0. The number of hydrogen-bond acceptors (Lipinski definition) is 2. The summed E-state index contributed by atoms with van der Waals surface area (Å²) in [6.45, 7) is 0. The van der Waals surface area contributed by atoms with Crippen LogP contribution in [0.2, 0.25) is 0 Å². The maximum Gasteiger partial charge on any atom is 1.00 e. The van der Waals surface area contributed by atoms with Crippen molar-refractivity contribution in [2.24, 2.45) is 0 Å². The summed E-state index contributed by atoms with van der Waals surface area (Å²) in [6.07, 6.45) is 6.07. The first-order chi connectivity index (χ1) is 9.90. The fourth-order valence-electron chi connectivity index (χ4n) is 2.20. The molecule has 0 aliphatic heterocycles. The van der Waals surface area contributed by atoms with Gasteiger partial charge in [-0.2, -0.15) is 33.7 Å². The third-order valence-corrected chi connectivity index (χ3v) is 5.34. The molecule has 0 saturated heterocycles. The van der Waals surface area contributed by atoms with Crippen LogP contribution < -0.4 is 18.9 Å². The SMILES string of the molecule is C1=C(Sc2ccccc2)CCC[C-]1Sc1ccccc1.[Li+]. The van der Waals surface area contributed by atoms with Crippen LogP contribution >= 0.6 is 23.5 Å². The van der Waals surface area contributed by atoms with E-state index in [1.54, 1.807) is 0 Å². The van der Waals surface area contributed by atoms with Crippen molar-refractivity contribution in [2.75, 3.05) is 0 Å². The van der Waals surface area contributed by atoms with Gasteiger partial charge in [-0.05, 0) is 34.1 Å².